The molecule has 1 atom stereocenters. The van der Waals surface area contributed by atoms with Crippen LogP contribution in [0.1, 0.15) is 13.8 Å². The number of carbonyl (C=O) groups is 1. The summed E-state index contributed by atoms with van der Waals surface area (Å²) < 4.78 is 20.6. The highest BCUT2D eigenvalue weighted by Crippen LogP contribution is 2.10. The Balaban J connectivity index is 2.26. The van der Waals surface area contributed by atoms with Crippen LogP contribution in [0.15, 0.2) is 0 Å². The lowest BCUT2D eigenvalue weighted by molar-refractivity contribution is -0.180. The number of hydrogen-bond acceptors (Lipinski definition) is 5. The molecule has 1 saturated heterocycles. The number of methoxy groups -OCH3 is 1. The van der Waals surface area contributed by atoms with E-state index in [9.17, 15) is 4.79 Å². The van der Waals surface area contributed by atoms with Gasteiger partial charge in [-0.05, 0) is 5.92 Å². The van der Waals surface area contributed by atoms with Crippen molar-refractivity contribution in [1.82, 2.24) is 0 Å². The first-order valence-electron chi connectivity index (χ1n) is 5.98. The SMILES string of the molecule is COCC(COCC(C)C)C(=O)OC1COC1. The Morgan fingerprint density at radius 3 is 2.47 bits per heavy atom. The minimum Gasteiger partial charge on any atom is -0.457 e. The average molecular weight is 246 g/mol. The van der Waals surface area contributed by atoms with Gasteiger partial charge in [0.25, 0.3) is 0 Å². The molecule has 5 heteroatoms. The van der Waals surface area contributed by atoms with Crippen molar-refractivity contribution in [2.24, 2.45) is 11.8 Å². The number of esters is 1. The van der Waals surface area contributed by atoms with Crippen molar-refractivity contribution in [3.8, 4) is 0 Å². The molecule has 0 N–H and O–H groups in total. The number of rotatable bonds is 8. The second kappa shape index (κ2) is 7.63. The number of ether oxygens (including phenoxy) is 4. The van der Waals surface area contributed by atoms with E-state index in [2.05, 4.69) is 13.8 Å². The fourth-order valence-corrected chi connectivity index (χ4v) is 1.37. The Morgan fingerprint density at radius 1 is 1.29 bits per heavy atom. The van der Waals surface area contributed by atoms with Crippen molar-refractivity contribution in [2.75, 3.05) is 40.1 Å². The van der Waals surface area contributed by atoms with Crippen molar-refractivity contribution in [1.29, 1.82) is 0 Å². The van der Waals surface area contributed by atoms with Gasteiger partial charge in [0.15, 0.2) is 0 Å². The van der Waals surface area contributed by atoms with Gasteiger partial charge in [-0.25, -0.2) is 0 Å². The summed E-state index contributed by atoms with van der Waals surface area (Å²) in [6.07, 6.45) is -0.0908. The predicted molar refractivity (Wildman–Crippen MR) is 61.7 cm³/mol. The molecule has 0 amide bonds. The Kier molecular flexibility index (Phi) is 6.47. The maximum Gasteiger partial charge on any atom is 0.314 e. The molecule has 100 valence electrons. The standard InChI is InChI=1S/C12H22O5/c1-9(2)4-15-6-10(5-14-3)12(13)17-11-7-16-8-11/h9-11H,4-8H2,1-3H3. The Labute approximate surface area is 102 Å². The minimum atomic E-state index is -0.348. The third-order valence-electron chi connectivity index (χ3n) is 2.36. The highest BCUT2D eigenvalue weighted by atomic mass is 16.6. The summed E-state index contributed by atoms with van der Waals surface area (Å²) in [5.74, 6) is -0.155. The number of hydrogen-bond donors (Lipinski definition) is 0. The molecule has 0 saturated carbocycles. The molecular weight excluding hydrogens is 224 g/mol. The molecule has 1 fully saturated rings. The van der Waals surface area contributed by atoms with Crippen molar-refractivity contribution in [2.45, 2.75) is 20.0 Å². The van der Waals surface area contributed by atoms with Crippen LogP contribution in [0.2, 0.25) is 0 Å². The molecule has 1 heterocycles. The normalized spacial score (nSPS) is 17.9. The van der Waals surface area contributed by atoms with Gasteiger partial charge in [0.1, 0.15) is 12.0 Å². The molecule has 0 aromatic rings. The highest BCUT2D eigenvalue weighted by molar-refractivity contribution is 5.73. The van der Waals surface area contributed by atoms with Crippen molar-refractivity contribution in [3.05, 3.63) is 0 Å². The van der Waals surface area contributed by atoms with E-state index in [1.807, 2.05) is 0 Å². The Hall–Kier alpha value is -0.650. The van der Waals surface area contributed by atoms with Gasteiger partial charge in [0.2, 0.25) is 0 Å². The largest absolute Gasteiger partial charge is 0.457 e. The average Bonchev–Trinajstić information content (AvgIpc) is 2.21. The number of carbonyl (C=O) groups excluding carboxylic acids is 1. The summed E-state index contributed by atoms with van der Waals surface area (Å²) in [5, 5.41) is 0. The molecule has 0 aromatic carbocycles. The van der Waals surface area contributed by atoms with E-state index in [0.717, 1.165) is 0 Å². The molecule has 1 unspecified atom stereocenters. The summed E-state index contributed by atoms with van der Waals surface area (Å²) >= 11 is 0. The van der Waals surface area contributed by atoms with Gasteiger partial charge >= 0.3 is 5.97 Å². The van der Waals surface area contributed by atoms with Crippen LogP contribution in [0.3, 0.4) is 0 Å². The first-order chi connectivity index (χ1) is 8.13. The molecule has 0 radical (unpaired) electrons. The topological polar surface area (TPSA) is 54.0 Å². The zero-order chi connectivity index (χ0) is 12.7. The molecular formula is C12H22O5. The fourth-order valence-electron chi connectivity index (χ4n) is 1.37. The quantitative estimate of drug-likeness (QED) is 0.595. The summed E-state index contributed by atoms with van der Waals surface area (Å²) in [6, 6.07) is 0. The van der Waals surface area contributed by atoms with E-state index >= 15 is 0 Å². The van der Waals surface area contributed by atoms with E-state index < -0.39 is 0 Å². The highest BCUT2D eigenvalue weighted by Gasteiger charge is 2.27. The molecule has 0 aliphatic carbocycles. The second-order valence-corrected chi connectivity index (χ2v) is 4.68. The van der Waals surface area contributed by atoms with Crippen LogP contribution in [0.5, 0.6) is 0 Å². The predicted octanol–water partition coefficient (Wildman–Crippen LogP) is 0.864. The molecule has 0 aromatic heterocycles. The first kappa shape index (κ1) is 14.4. The molecule has 17 heavy (non-hydrogen) atoms. The van der Waals surface area contributed by atoms with E-state index in [1.165, 1.54) is 0 Å². The second-order valence-electron chi connectivity index (χ2n) is 4.68. The van der Waals surface area contributed by atoms with Gasteiger partial charge in [-0.2, -0.15) is 0 Å². The van der Waals surface area contributed by atoms with Crippen LogP contribution in [-0.4, -0.2) is 52.2 Å². The van der Waals surface area contributed by atoms with Gasteiger partial charge in [0, 0.05) is 13.7 Å². The van der Waals surface area contributed by atoms with Gasteiger partial charge < -0.3 is 18.9 Å². The third-order valence-corrected chi connectivity index (χ3v) is 2.36. The molecule has 0 spiro atoms. The zero-order valence-corrected chi connectivity index (χ0v) is 10.8. The summed E-state index contributed by atoms with van der Waals surface area (Å²) in [7, 11) is 1.56. The van der Waals surface area contributed by atoms with E-state index in [1.54, 1.807) is 7.11 Å². The molecule has 1 rings (SSSR count). The van der Waals surface area contributed by atoms with Crippen LogP contribution in [0.25, 0.3) is 0 Å². The molecule has 1 aliphatic rings. The Bertz CT molecular complexity index is 225. The van der Waals surface area contributed by atoms with Gasteiger partial charge in [-0.15, -0.1) is 0 Å². The maximum atomic E-state index is 11.8. The minimum absolute atomic E-state index is 0.0908. The summed E-state index contributed by atoms with van der Waals surface area (Å²) in [5.41, 5.74) is 0. The first-order valence-corrected chi connectivity index (χ1v) is 5.98. The van der Waals surface area contributed by atoms with Gasteiger partial charge in [-0.1, -0.05) is 13.8 Å². The summed E-state index contributed by atoms with van der Waals surface area (Å²) in [4.78, 5) is 11.8. The van der Waals surface area contributed by atoms with Crippen LogP contribution < -0.4 is 0 Å². The third kappa shape index (κ3) is 5.48. The van der Waals surface area contributed by atoms with Gasteiger partial charge in [-0.3, -0.25) is 4.79 Å². The Morgan fingerprint density at radius 2 is 2.00 bits per heavy atom. The lowest BCUT2D eigenvalue weighted by Gasteiger charge is -2.27. The van der Waals surface area contributed by atoms with Crippen LogP contribution >= 0.6 is 0 Å². The lowest BCUT2D eigenvalue weighted by Crippen LogP contribution is -2.40. The monoisotopic (exact) mass is 246 g/mol. The lowest BCUT2D eigenvalue weighted by atomic mass is 10.1. The van der Waals surface area contributed by atoms with Crippen LogP contribution in [-0.2, 0) is 23.7 Å². The summed E-state index contributed by atoms with van der Waals surface area (Å²) in [6.45, 7) is 6.43. The molecule has 0 bridgehead atoms. The van der Waals surface area contributed by atoms with E-state index in [0.29, 0.717) is 39.0 Å². The fraction of sp³-hybridized carbons (Fsp3) is 0.917. The van der Waals surface area contributed by atoms with Gasteiger partial charge in [0.05, 0.1) is 26.4 Å². The van der Waals surface area contributed by atoms with E-state index in [4.69, 9.17) is 18.9 Å². The van der Waals surface area contributed by atoms with Crippen LogP contribution in [0, 0.1) is 11.8 Å². The molecule has 1 aliphatic heterocycles. The van der Waals surface area contributed by atoms with E-state index in [-0.39, 0.29) is 18.0 Å². The van der Waals surface area contributed by atoms with Crippen molar-refractivity contribution in [3.63, 3.8) is 0 Å². The maximum absolute atomic E-state index is 11.8. The van der Waals surface area contributed by atoms with Crippen LogP contribution in [0.4, 0.5) is 0 Å². The molecule has 5 nitrogen and oxygen atoms in total. The van der Waals surface area contributed by atoms with Crippen molar-refractivity contribution >= 4 is 5.97 Å². The zero-order valence-electron chi connectivity index (χ0n) is 10.8. The van der Waals surface area contributed by atoms with Crippen molar-refractivity contribution < 1.29 is 23.7 Å². The smallest absolute Gasteiger partial charge is 0.314 e.